The van der Waals surface area contributed by atoms with Crippen LogP contribution in [-0.4, -0.2) is 60.6 Å². The fourth-order valence-corrected chi connectivity index (χ4v) is 2.44. The highest BCUT2D eigenvalue weighted by Crippen LogP contribution is 2.17. The normalized spacial score (nSPS) is 17.3. The summed E-state index contributed by atoms with van der Waals surface area (Å²) in [6.07, 6.45) is 2.09. The summed E-state index contributed by atoms with van der Waals surface area (Å²) in [7, 11) is 1.55. The summed E-state index contributed by atoms with van der Waals surface area (Å²) in [4.78, 5) is 36.2. The molecule has 1 unspecified atom stereocenters. The topological polar surface area (TPSA) is 95.9 Å². The molecule has 0 aromatic rings. The van der Waals surface area contributed by atoms with Crippen molar-refractivity contribution >= 4 is 17.8 Å². The van der Waals surface area contributed by atoms with Crippen LogP contribution in [0.2, 0.25) is 0 Å². The predicted molar refractivity (Wildman–Crippen MR) is 75.7 cm³/mol. The number of carbonyl (C=O) groups is 3. The number of hydrogen-bond acceptors (Lipinski definition) is 4. The lowest BCUT2D eigenvalue weighted by molar-refractivity contribution is -0.143. The lowest BCUT2D eigenvalue weighted by Crippen LogP contribution is -2.47. The smallest absolute Gasteiger partial charge is 0.326 e. The van der Waals surface area contributed by atoms with Gasteiger partial charge in [-0.2, -0.15) is 0 Å². The van der Waals surface area contributed by atoms with Crippen molar-refractivity contribution in [1.82, 2.24) is 10.2 Å². The van der Waals surface area contributed by atoms with Crippen molar-refractivity contribution < 1.29 is 24.2 Å². The molecule has 120 valence electrons. The minimum absolute atomic E-state index is 0.0110. The summed E-state index contributed by atoms with van der Waals surface area (Å²) in [5, 5.41) is 11.7. The first-order valence-electron chi connectivity index (χ1n) is 7.23. The first-order valence-corrected chi connectivity index (χ1v) is 7.23. The van der Waals surface area contributed by atoms with Crippen molar-refractivity contribution in [3.05, 3.63) is 0 Å². The van der Waals surface area contributed by atoms with Gasteiger partial charge in [-0.25, -0.2) is 4.79 Å². The molecule has 1 aliphatic rings. The van der Waals surface area contributed by atoms with Crippen LogP contribution >= 0.6 is 0 Å². The maximum Gasteiger partial charge on any atom is 0.326 e. The van der Waals surface area contributed by atoms with E-state index in [9.17, 15) is 14.4 Å². The number of methoxy groups -OCH3 is 1. The number of carboxylic acids is 1. The van der Waals surface area contributed by atoms with Gasteiger partial charge in [-0.3, -0.25) is 9.59 Å². The fraction of sp³-hybridized carbons (Fsp3) is 0.786. The summed E-state index contributed by atoms with van der Waals surface area (Å²) < 4.78 is 4.88. The Morgan fingerprint density at radius 2 is 1.95 bits per heavy atom. The SMILES string of the molecule is COCCCC(NC(=O)C1CCN(C(C)=O)CC1)C(=O)O. The number of carboxylic acid groups (broad SMARTS) is 1. The van der Waals surface area contributed by atoms with Crippen molar-refractivity contribution in [2.45, 2.75) is 38.6 Å². The minimum atomic E-state index is -1.03. The summed E-state index contributed by atoms with van der Waals surface area (Å²) >= 11 is 0. The molecule has 1 rings (SSSR count). The maximum absolute atomic E-state index is 12.1. The molecule has 1 saturated heterocycles. The van der Waals surface area contributed by atoms with E-state index in [1.165, 1.54) is 6.92 Å². The highest BCUT2D eigenvalue weighted by molar-refractivity contribution is 5.85. The van der Waals surface area contributed by atoms with E-state index in [0.29, 0.717) is 45.4 Å². The molecular formula is C14H24N2O5. The first-order chi connectivity index (χ1) is 9.95. The van der Waals surface area contributed by atoms with Crippen LogP contribution in [0.25, 0.3) is 0 Å². The molecule has 2 amide bonds. The number of piperidine rings is 1. The Balaban J connectivity index is 2.43. The molecule has 0 bridgehead atoms. The molecule has 0 aromatic carbocycles. The number of aliphatic carboxylic acids is 1. The van der Waals surface area contributed by atoms with Crippen LogP contribution in [0.3, 0.4) is 0 Å². The number of nitrogens with zero attached hydrogens (tertiary/aromatic N) is 1. The quantitative estimate of drug-likeness (QED) is 0.657. The number of hydrogen-bond donors (Lipinski definition) is 2. The van der Waals surface area contributed by atoms with Gasteiger partial charge in [0.2, 0.25) is 11.8 Å². The van der Waals surface area contributed by atoms with E-state index in [1.54, 1.807) is 12.0 Å². The van der Waals surface area contributed by atoms with Gasteiger partial charge in [-0.1, -0.05) is 0 Å². The molecule has 0 aromatic heterocycles. The third-order valence-electron chi connectivity index (χ3n) is 3.77. The molecule has 0 saturated carbocycles. The summed E-state index contributed by atoms with van der Waals surface area (Å²) in [6.45, 7) is 3.08. The standard InChI is InChI=1S/C14H24N2O5/c1-10(17)16-7-5-11(6-8-16)13(18)15-12(14(19)20)4-3-9-21-2/h11-12H,3-9H2,1-2H3,(H,15,18)(H,19,20). The largest absolute Gasteiger partial charge is 0.480 e. The van der Waals surface area contributed by atoms with Gasteiger partial charge in [-0.05, 0) is 25.7 Å². The Hall–Kier alpha value is -1.63. The number of ether oxygens (including phenoxy) is 1. The van der Waals surface area contributed by atoms with Gasteiger partial charge in [0.25, 0.3) is 0 Å². The van der Waals surface area contributed by atoms with E-state index < -0.39 is 12.0 Å². The molecule has 1 atom stereocenters. The van der Waals surface area contributed by atoms with Crippen LogP contribution in [0, 0.1) is 5.92 Å². The van der Waals surface area contributed by atoms with Crippen molar-refractivity contribution in [2.75, 3.05) is 26.8 Å². The molecule has 7 heteroatoms. The Morgan fingerprint density at radius 1 is 1.33 bits per heavy atom. The molecule has 7 nitrogen and oxygen atoms in total. The molecule has 2 N–H and O–H groups in total. The maximum atomic E-state index is 12.1. The average Bonchev–Trinajstić information content (AvgIpc) is 2.46. The highest BCUT2D eigenvalue weighted by atomic mass is 16.5. The van der Waals surface area contributed by atoms with Crippen LogP contribution in [0.5, 0.6) is 0 Å². The van der Waals surface area contributed by atoms with Crippen LogP contribution in [-0.2, 0) is 19.1 Å². The summed E-state index contributed by atoms with van der Waals surface area (Å²) in [5.41, 5.74) is 0. The van der Waals surface area contributed by atoms with Gasteiger partial charge in [0.15, 0.2) is 0 Å². The van der Waals surface area contributed by atoms with Gasteiger partial charge in [0, 0.05) is 39.6 Å². The second-order valence-corrected chi connectivity index (χ2v) is 5.31. The zero-order chi connectivity index (χ0) is 15.8. The molecule has 0 aliphatic carbocycles. The zero-order valence-electron chi connectivity index (χ0n) is 12.6. The molecule has 1 heterocycles. The van der Waals surface area contributed by atoms with E-state index in [0.717, 1.165) is 0 Å². The third-order valence-corrected chi connectivity index (χ3v) is 3.77. The van der Waals surface area contributed by atoms with Gasteiger partial charge < -0.3 is 20.1 Å². The van der Waals surface area contributed by atoms with E-state index in [1.807, 2.05) is 0 Å². The minimum Gasteiger partial charge on any atom is -0.480 e. The lowest BCUT2D eigenvalue weighted by atomic mass is 9.95. The number of nitrogens with one attached hydrogen (secondary N) is 1. The van der Waals surface area contributed by atoms with E-state index in [-0.39, 0.29) is 17.7 Å². The van der Waals surface area contributed by atoms with Gasteiger partial charge >= 0.3 is 5.97 Å². The molecule has 21 heavy (non-hydrogen) atoms. The van der Waals surface area contributed by atoms with Gasteiger partial charge in [0.1, 0.15) is 6.04 Å². The zero-order valence-corrected chi connectivity index (χ0v) is 12.6. The van der Waals surface area contributed by atoms with Crippen molar-refractivity contribution in [3.63, 3.8) is 0 Å². The lowest BCUT2D eigenvalue weighted by Gasteiger charge is -2.31. The number of amides is 2. The molecule has 1 aliphatic heterocycles. The summed E-state index contributed by atoms with van der Waals surface area (Å²) in [5.74, 6) is -1.47. The fourth-order valence-electron chi connectivity index (χ4n) is 2.44. The Labute approximate surface area is 124 Å². The number of carbonyl (C=O) groups excluding carboxylic acids is 2. The monoisotopic (exact) mass is 300 g/mol. The second-order valence-electron chi connectivity index (χ2n) is 5.31. The molecular weight excluding hydrogens is 276 g/mol. The molecule has 0 spiro atoms. The van der Waals surface area contributed by atoms with E-state index >= 15 is 0 Å². The Bertz CT molecular complexity index is 378. The van der Waals surface area contributed by atoms with Gasteiger partial charge in [0.05, 0.1) is 0 Å². The summed E-state index contributed by atoms with van der Waals surface area (Å²) in [6, 6.07) is -0.876. The third kappa shape index (κ3) is 5.71. The van der Waals surface area contributed by atoms with Crippen LogP contribution in [0.15, 0.2) is 0 Å². The Morgan fingerprint density at radius 3 is 2.43 bits per heavy atom. The van der Waals surface area contributed by atoms with Crippen LogP contribution in [0.4, 0.5) is 0 Å². The van der Waals surface area contributed by atoms with E-state index in [2.05, 4.69) is 5.32 Å². The predicted octanol–water partition coefficient (Wildman–Crippen LogP) is 0.241. The number of likely N-dealkylation sites (tertiary alicyclic amines) is 1. The highest BCUT2D eigenvalue weighted by Gasteiger charge is 2.28. The van der Waals surface area contributed by atoms with Gasteiger partial charge in [-0.15, -0.1) is 0 Å². The van der Waals surface area contributed by atoms with Crippen LogP contribution in [0.1, 0.15) is 32.6 Å². The van der Waals surface area contributed by atoms with Crippen molar-refractivity contribution in [3.8, 4) is 0 Å². The van der Waals surface area contributed by atoms with E-state index in [4.69, 9.17) is 9.84 Å². The first kappa shape index (κ1) is 17.4. The number of rotatable bonds is 7. The molecule has 0 radical (unpaired) electrons. The molecule has 1 fully saturated rings. The second kappa shape index (κ2) is 8.61. The van der Waals surface area contributed by atoms with Crippen molar-refractivity contribution in [1.29, 1.82) is 0 Å². The van der Waals surface area contributed by atoms with Crippen LogP contribution < -0.4 is 5.32 Å². The Kier molecular flexibility index (Phi) is 7.14. The average molecular weight is 300 g/mol. The van der Waals surface area contributed by atoms with Crippen molar-refractivity contribution in [2.24, 2.45) is 5.92 Å².